The van der Waals surface area contributed by atoms with Crippen LogP contribution in [0.5, 0.6) is 11.5 Å². The average Bonchev–Trinajstić information content (AvgIpc) is 3.95. The van der Waals surface area contributed by atoms with Crippen LogP contribution >= 0.6 is 45.9 Å². The van der Waals surface area contributed by atoms with Gasteiger partial charge in [0.1, 0.15) is 31.8 Å². The predicted molar refractivity (Wildman–Crippen MR) is 221 cm³/mol. The van der Waals surface area contributed by atoms with Crippen molar-refractivity contribution < 1.29 is 19.1 Å². The summed E-state index contributed by atoms with van der Waals surface area (Å²) in [5.41, 5.74) is 3.58. The molecule has 0 unspecified atom stereocenters. The fourth-order valence-corrected chi connectivity index (χ4v) is 8.84. The van der Waals surface area contributed by atoms with Gasteiger partial charge >= 0.3 is 0 Å². The van der Waals surface area contributed by atoms with E-state index in [-0.39, 0.29) is 37.1 Å². The van der Waals surface area contributed by atoms with Gasteiger partial charge in [-0.3, -0.25) is 9.59 Å². The number of benzene rings is 2. The SMILES string of the molecule is O=C(COc1ccccc1)N1CCCC[C@@H]1c1nc(-c2ccc(Cl)nc2)cs1.O=C(COc1ccccc1)N1CCCC[C@@H]1c1nc(-c2ccc(Cl)nc2)cs1. The molecule has 10 nitrogen and oxygen atoms in total. The zero-order valence-corrected chi connectivity index (χ0v) is 33.7. The maximum Gasteiger partial charge on any atom is 0.261 e. The molecule has 288 valence electrons. The molecule has 0 N–H and O–H groups in total. The van der Waals surface area contributed by atoms with Gasteiger partial charge < -0.3 is 19.3 Å². The first-order valence-corrected chi connectivity index (χ1v) is 21.0. The van der Waals surface area contributed by atoms with Gasteiger partial charge in [-0.2, -0.15) is 0 Å². The molecule has 4 aromatic heterocycles. The number of rotatable bonds is 10. The van der Waals surface area contributed by atoms with Crippen LogP contribution in [-0.2, 0) is 9.59 Å². The first-order chi connectivity index (χ1) is 27.4. The zero-order chi connectivity index (χ0) is 38.7. The summed E-state index contributed by atoms with van der Waals surface area (Å²) < 4.78 is 11.3. The van der Waals surface area contributed by atoms with Crippen LogP contribution in [0.4, 0.5) is 0 Å². The normalized spacial score (nSPS) is 16.8. The van der Waals surface area contributed by atoms with Crippen molar-refractivity contribution in [3.05, 3.63) is 128 Å². The Morgan fingerprint density at radius 2 is 1.04 bits per heavy atom. The topological polar surface area (TPSA) is 111 Å². The van der Waals surface area contributed by atoms with Crippen LogP contribution in [-0.4, -0.2) is 67.9 Å². The molecule has 6 heterocycles. The largest absolute Gasteiger partial charge is 0.484 e. The van der Waals surface area contributed by atoms with E-state index in [1.807, 2.05) is 93.4 Å². The van der Waals surface area contributed by atoms with Gasteiger partial charge in [-0.15, -0.1) is 22.7 Å². The number of likely N-dealkylation sites (tertiary alicyclic amines) is 2. The second-order valence-electron chi connectivity index (χ2n) is 13.3. The lowest BCUT2D eigenvalue weighted by Crippen LogP contribution is -2.41. The number of hydrogen-bond acceptors (Lipinski definition) is 10. The van der Waals surface area contributed by atoms with Crippen LogP contribution in [0.25, 0.3) is 22.5 Å². The third-order valence-electron chi connectivity index (χ3n) is 9.52. The lowest BCUT2D eigenvalue weighted by molar-refractivity contribution is -0.138. The highest BCUT2D eigenvalue weighted by Crippen LogP contribution is 2.36. The Morgan fingerprint density at radius 3 is 1.43 bits per heavy atom. The number of carbonyl (C=O) groups excluding carboxylic acids is 2. The second kappa shape index (κ2) is 19.3. The number of ether oxygens (including phenoxy) is 2. The summed E-state index contributed by atoms with van der Waals surface area (Å²) in [6, 6.07) is 26.2. The minimum atomic E-state index is -0.00142. The maximum absolute atomic E-state index is 12.8. The zero-order valence-electron chi connectivity index (χ0n) is 30.5. The summed E-state index contributed by atoms with van der Waals surface area (Å²) in [6.07, 6.45) is 9.47. The fourth-order valence-electron chi connectivity index (χ4n) is 6.66. The van der Waals surface area contributed by atoms with Crippen molar-refractivity contribution in [3.63, 3.8) is 0 Å². The molecule has 2 fully saturated rings. The number of aromatic nitrogens is 4. The fraction of sp³-hybridized carbons (Fsp3) is 0.286. The van der Waals surface area contributed by atoms with Crippen LogP contribution in [0.1, 0.15) is 60.6 Å². The van der Waals surface area contributed by atoms with Gasteiger partial charge in [0.15, 0.2) is 13.2 Å². The van der Waals surface area contributed by atoms with Crippen molar-refractivity contribution >= 4 is 57.7 Å². The van der Waals surface area contributed by atoms with Crippen molar-refractivity contribution in [3.8, 4) is 34.0 Å². The molecule has 2 saturated heterocycles. The summed E-state index contributed by atoms with van der Waals surface area (Å²) in [4.78, 5) is 47.3. The van der Waals surface area contributed by atoms with Crippen LogP contribution in [0, 0.1) is 0 Å². The van der Waals surface area contributed by atoms with E-state index < -0.39 is 0 Å². The van der Waals surface area contributed by atoms with Crippen LogP contribution in [0.15, 0.2) is 108 Å². The third-order valence-corrected chi connectivity index (χ3v) is 11.9. The third kappa shape index (κ3) is 10.3. The van der Waals surface area contributed by atoms with Gasteiger partial charge in [0.05, 0.1) is 23.5 Å². The number of hydrogen-bond donors (Lipinski definition) is 0. The van der Waals surface area contributed by atoms with Gasteiger partial charge in [0.25, 0.3) is 11.8 Å². The van der Waals surface area contributed by atoms with E-state index >= 15 is 0 Å². The molecule has 2 amide bonds. The molecule has 0 aliphatic carbocycles. The van der Waals surface area contributed by atoms with Crippen molar-refractivity contribution in [1.29, 1.82) is 0 Å². The van der Waals surface area contributed by atoms with Crippen molar-refractivity contribution in [2.75, 3.05) is 26.3 Å². The Bertz CT molecular complexity index is 2020. The number of carbonyl (C=O) groups is 2. The number of nitrogens with zero attached hydrogens (tertiary/aromatic N) is 6. The number of pyridine rings is 2. The van der Waals surface area contributed by atoms with E-state index in [1.165, 1.54) is 0 Å². The molecule has 0 saturated carbocycles. The molecule has 2 atom stereocenters. The minimum absolute atomic E-state index is 0.000340. The van der Waals surface area contributed by atoms with Crippen LogP contribution in [0.2, 0.25) is 10.3 Å². The van der Waals surface area contributed by atoms with E-state index in [1.54, 1.807) is 47.2 Å². The average molecular weight is 828 g/mol. The summed E-state index contributed by atoms with van der Waals surface area (Å²) >= 11 is 14.9. The Hall–Kier alpha value is -4.88. The molecule has 0 radical (unpaired) electrons. The smallest absolute Gasteiger partial charge is 0.261 e. The summed E-state index contributed by atoms with van der Waals surface area (Å²) in [5.74, 6) is 1.41. The Balaban J connectivity index is 0.000000172. The first-order valence-electron chi connectivity index (χ1n) is 18.5. The molecule has 2 aliphatic rings. The quantitative estimate of drug-likeness (QED) is 0.126. The van der Waals surface area contributed by atoms with Gasteiger partial charge in [0, 0.05) is 47.4 Å². The van der Waals surface area contributed by atoms with Crippen LogP contribution < -0.4 is 9.47 Å². The minimum Gasteiger partial charge on any atom is -0.484 e. The molecule has 14 heteroatoms. The Kier molecular flexibility index (Phi) is 13.6. The Labute approximate surface area is 344 Å². The summed E-state index contributed by atoms with van der Waals surface area (Å²) in [6.45, 7) is 1.55. The van der Waals surface area contributed by atoms with Gasteiger partial charge in [-0.05, 0) is 87.1 Å². The van der Waals surface area contributed by atoms with Gasteiger partial charge in [-0.1, -0.05) is 59.6 Å². The van der Waals surface area contributed by atoms with Gasteiger partial charge in [-0.25, -0.2) is 19.9 Å². The summed E-state index contributed by atoms with van der Waals surface area (Å²) in [5, 5.41) is 6.86. The lowest BCUT2D eigenvalue weighted by atomic mass is 10.0. The van der Waals surface area contributed by atoms with E-state index in [2.05, 4.69) is 9.97 Å². The maximum atomic E-state index is 12.8. The second-order valence-corrected chi connectivity index (χ2v) is 15.8. The molecule has 8 rings (SSSR count). The number of piperidine rings is 2. The standard InChI is InChI=1S/2C21H20ClN3O2S/c2*22-19-10-9-15(12-23-19)17-14-28-21(24-17)18-8-4-5-11-25(18)20(26)13-27-16-6-2-1-3-7-16/h2*1-3,6-7,9-10,12,14,18H,4-5,8,11,13H2/t2*18-/m11/s1. The molecular weight excluding hydrogens is 788 g/mol. The highest BCUT2D eigenvalue weighted by molar-refractivity contribution is 7.10. The highest BCUT2D eigenvalue weighted by atomic mass is 35.5. The van der Waals surface area contributed by atoms with Crippen LogP contribution in [0.3, 0.4) is 0 Å². The van der Waals surface area contributed by atoms with Crippen molar-refractivity contribution in [2.45, 2.75) is 50.6 Å². The number of para-hydroxylation sites is 2. The molecule has 0 spiro atoms. The van der Waals surface area contributed by atoms with Gasteiger partial charge in [0.2, 0.25) is 0 Å². The van der Waals surface area contributed by atoms with Crippen molar-refractivity contribution in [2.24, 2.45) is 0 Å². The molecule has 2 aromatic carbocycles. The molecule has 56 heavy (non-hydrogen) atoms. The van der Waals surface area contributed by atoms with E-state index in [4.69, 9.17) is 42.6 Å². The van der Waals surface area contributed by atoms with Crippen molar-refractivity contribution in [1.82, 2.24) is 29.7 Å². The Morgan fingerprint density at radius 1 is 0.607 bits per heavy atom. The summed E-state index contributed by atoms with van der Waals surface area (Å²) in [7, 11) is 0. The lowest BCUT2D eigenvalue weighted by Gasteiger charge is -2.34. The first kappa shape index (κ1) is 39.4. The number of thiazole rings is 2. The monoisotopic (exact) mass is 826 g/mol. The number of amides is 2. The molecule has 2 aliphatic heterocycles. The molecular formula is C42H40Cl2N6O4S2. The van der Waals surface area contributed by atoms with E-state index in [9.17, 15) is 9.59 Å². The molecule has 0 bridgehead atoms. The van der Waals surface area contributed by atoms with E-state index in [0.29, 0.717) is 21.8 Å². The predicted octanol–water partition coefficient (Wildman–Crippen LogP) is 9.98. The number of halogens is 2. The molecule has 6 aromatic rings. The van der Waals surface area contributed by atoms with E-state index in [0.717, 1.165) is 84.1 Å². The highest BCUT2D eigenvalue weighted by Gasteiger charge is 2.32.